The predicted octanol–water partition coefficient (Wildman–Crippen LogP) is 2.62. The van der Waals surface area contributed by atoms with Crippen LogP contribution in [-0.2, 0) is 10.4 Å². The second-order valence-corrected chi connectivity index (χ2v) is 8.57. The highest BCUT2D eigenvalue weighted by Crippen LogP contribution is 2.38. The van der Waals surface area contributed by atoms with E-state index in [1.807, 2.05) is 5.32 Å². The van der Waals surface area contributed by atoms with E-state index >= 15 is 0 Å². The molecule has 3 aromatic rings. The molecule has 0 radical (unpaired) electrons. The monoisotopic (exact) mass is 480 g/mol. The van der Waals surface area contributed by atoms with Gasteiger partial charge in [-0.1, -0.05) is 6.07 Å². The van der Waals surface area contributed by atoms with Crippen molar-refractivity contribution in [1.29, 1.82) is 0 Å². The number of hydrogen-bond donors (Lipinski definition) is 4. The summed E-state index contributed by atoms with van der Waals surface area (Å²) in [5, 5.41) is 25.5. The van der Waals surface area contributed by atoms with Crippen molar-refractivity contribution in [1.82, 2.24) is 25.5 Å². The fraction of sp³-hybridized carbons (Fsp3) is 0.333. The Bertz CT molecular complexity index is 1350. The number of nitrogens with zero attached hydrogens (tertiary/aromatic N) is 4. The number of methoxy groups -OCH3 is 1. The van der Waals surface area contributed by atoms with Crippen molar-refractivity contribution in [3.63, 3.8) is 0 Å². The molecular formula is C24H27N7O4. The minimum atomic E-state index is -2.75. The first kappa shape index (κ1) is 20.3. The van der Waals surface area contributed by atoms with Crippen molar-refractivity contribution in [2.45, 2.75) is 32.3 Å². The quantitative estimate of drug-likeness (QED) is 0.381. The van der Waals surface area contributed by atoms with Crippen LogP contribution in [0.3, 0.4) is 0 Å². The maximum absolute atomic E-state index is 12.7. The molecule has 11 nitrogen and oxygen atoms in total. The minimum absolute atomic E-state index is 0.0896. The molecule has 182 valence electrons. The predicted molar refractivity (Wildman–Crippen MR) is 129 cm³/mol. The van der Waals surface area contributed by atoms with Gasteiger partial charge in [-0.05, 0) is 38.8 Å². The molecule has 0 spiro atoms. The second kappa shape index (κ2) is 9.63. The topological polar surface area (TPSA) is 151 Å². The van der Waals surface area contributed by atoms with E-state index in [1.54, 1.807) is 32.0 Å². The number of amides is 2. The number of aromatic nitrogens is 4. The Morgan fingerprint density at radius 3 is 2.60 bits per heavy atom. The maximum Gasteiger partial charge on any atom is 0.273 e. The highest BCUT2D eigenvalue weighted by Gasteiger charge is 2.30. The first-order valence-electron chi connectivity index (χ1n) is 12.4. The Labute approximate surface area is 206 Å². The van der Waals surface area contributed by atoms with Crippen molar-refractivity contribution < 1.29 is 23.5 Å². The number of aliphatic hydroxyl groups is 1. The van der Waals surface area contributed by atoms with Gasteiger partial charge in [0.05, 0.1) is 42.3 Å². The van der Waals surface area contributed by atoms with Crippen molar-refractivity contribution in [2.24, 2.45) is 5.92 Å². The third kappa shape index (κ3) is 5.35. The fourth-order valence-corrected chi connectivity index (χ4v) is 3.33. The molecule has 11 heteroatoms. The van der Waals surface area contributed by atoms with E-state index in [4.69, 9.17) is 8.85 Å². The molecule has 2 amide bonds. The van der Waals surface area contributed by atoms with Gasteiger partial charge in [0.1, 0.15) is 5.60 Å². The summed E-state index contributed by atoms with van der Waals surface area (Å²) in [6.45, 7) is 0.457. The molecule has 0 saturated heterocycles. The lowest BCUT2D eigenvalue weighted by molar-refractivity contribution is -0.117. The van der Waals surface area contributed by atoms with Gasteiger partial charge in [0.15, 0.2) is 17.3 Å². The van der Waals surface area contributed by atoms with Gasteiger partial charge in [-0.2, -0.15) is 0 Å². The van der Waals surface area contributed by atoms with Crippen molar-refractivity contribution >= 4 is 29.0 Å². The molecule has 2 heterocycles. The zero-order valence-corrected chi connectivity index (χ0v) is 19.4. The maximum atomic E-state index is 12.7. The molecule has 1 saturated carbocycles. The summed E-state index contributed by atoms with van der Waals surface area (Å²) < 4.78 is 27.7. The van der Waals surface area contributed by atoms with Gasteiger partial charge in [0.25, 0.3) is 5.91 Å². The highest BCUT2D eigenvalue weighted by atomic mass is 16.5. The summed E-state index contributed by atoms with van der Waals surface area (Å²) >= 11 is 0. The molecule has 1 aliphatic carbocycles. The van der Waals surface area contributed by atoms with Crippen LogP contribution in [0, 0.1) is 5.92 Å². The summed E-state index contributed by atoms with van der Waals surface area (Å²) in [5.41, 5.74) is 0.441. The number of benzene rings is 1. The van der Waals surface area contributed by atoms with Crippen LogP contribution < -0.4 is 20.7 Å². The van der Waals surface area contributed by atoms with E-state index in [2.05, 4.69) is 30.8 Å². The Kier molecular flexibility index (Phi) is 5.58. The number of para-hydroxylation sites is 1. The summed E-state index contributed by atoms with van der Waals surface area (Å²) in [7, 11) is 1.46. The van der Waals surface area contributed by atoms with Gasteiger partial charge in [-0.15, -0.1) is 10.2 Å². The van der Waals surface area contributed by atoms with E-state index < -0.39 is 18.5 Å². The molecule has 2 aromatic heterocycles. The molecule has 4 N–H and O–H groups in total. The zero-order valence-electron chi connectivity index (χ0n) is 22.4. The van der Waals surface area contributed by atoms with Crippen LogP contribution in [0.25, 0.3) is 11.3 Å². The largest absolute Gasteiger partial charge is 0.494 e. The lowest BCUT2D eigenvalue weighted by Gasteiger charge is -2.18. The van der Waals surface area contributed by atoms with Gasteiger partial charge in [-0.25, -0.2) is 0 Å². The lowest BCUT2D eigenvalue weighted by atomic mass is 10.1. The Balaban J connectivity index is 1.71. The normalized spacial score (nSPS) is 14.8. The number of ether oxygens (including phenoxy) is 1. The molecule has 0 unspecified atom stereocenters. The summed E-state index contributed by atoms with van der Waals surface area (Å²) in [6, 6.07) is 6.55. The van der Waals surface area contributed by atoms with E-state index in [0.717, 1.165) is 12.8 Å². The average molecular weight is 481 g/mol. The van der Waals surface area contributed by atoms with Crippen LogP contribution in [-0.4, -0.2) is 51.2 Å². The van der Waals surface area contributed by atoms with Crippen LogP contribution in [0.5, 0.6) is 5.75 Å². The van der Waals surface area contributed by atoms with Crippen LogP contribution in [0.1, 0.15) is 47.0 Å². The number of carbonyl (C=O) groups is 2. The number of anilines is 3. The standard InChI is InChI=1S/C24H27N7O4/c1-24(2,34)18-12-26-17(11-27-18)14-6-5-7-15(21(14)35-4)28-16-10-19(29-22(32)13-8-9-13)30-31-20(16)23(33)25-3/h5-7,10-13,34H,8-9H2,1-4H3,(H,25,33)(H2,28,29,30,32)/i3D3. The van der Waals surface area contributed by atoms with E-state index in [-0.39, 0.29) is 29.0 Å². The number of nitrogens with one attached hydrogen (secondary N) is 3. The molecule has 1 aliphatic rings. The Hall–Kier alpha value is -4.12. The third-order valence-electron chi connectivity index (χ3n) is 5.37. The number of rotatable bonds is 8. The van der Waals surface area contributed by atoms with Gasteiger partial charge in [-0.3, -0.25) is 19.6 Å². The van der Waals surface area contributed by atoms with Crippen LogP contribution in [0.15, 0.2) is 36.7 Å². The lowest BCUT2D eigenvalue weighted by Crippen LogP contribution is -2.22. The SMILES string of the molecule is [2H]C([2H])([2H])NC(=O)c1nnc(NC(=O)C2CC2)cc1Nc1cccc(-c2cnc(C(C)(C)O)cn2)c1OC. The molecule has 0 atom stereocenters. The smallest absolute Gasteiger partial charge is 0.273 e. The zero-order chi connectivity index (χ0) is 27.7. The van der Waals surface area contributed by atoms with E-state index in [0.29, 0.717) is 28.4 Å². The Morgan fingerprint density at radius 1 is 1.17 bits per heavy atom. The number of hydrogen-bond acceptors (Lipinski definition) is 9. The van der Waals surface area contributed by atoms with E-state index in [9.17, 15) is 14.7 Å². The average Bonchev–Trinajstić information content (AvgIpc) is 3.68. The molecule has 4 rings (SSSR count). The van der Waals surface area contributed by atoms with Gasteiger partial charge >= 0.3 is 0 Å². The van der Waals surface area contributed by atoms with Gasteiger partial charge in [0.2, 0.25) is 5.91 Å². The molecule has 1 aromatic carbocycles. The minimum Gasteiger partial charge on any atom is -0.494 e. The van der Waals surface area contributed by atoms with Gasteiger partial charge < -0.3 is 25.8 Å². The second-order valence-electron chi connectivity index (χ2n) is 8.57. The fourth-order valence-electron chi connectivity index (χ4n) is 3.33. The molecule has 1 fully saturated rings. The molecule has 35 heavy (non-hydrogen) atoms. The summed E-state index contributed by atoms with van der Waals surface area (Å²) in [5.74, 6) is -0.841. The summed E-state index contributed by atoms with van der Waals surface area (Å²) in [6.07, 6.45) is 4.54. The van der Waals surface area contributed by atoms with Crippen LogP contribution in [0.2, 0.25) is 0 Å². The first-order valence-corrected chi connectivity index (χ1v) is 10.9. The van der Waals surface area contributed by atoms with Crippen molar-refractivity contribution in [2.75, 3.05) is 24.7 Å². The van der Waals surface area contributed by atoms with Crippen molar-refractivity contribution in [3.8, 4) is 17.0 Å². The van der Waals surface area contributed by atoms with E-state index in [1.165, 1.54) is 25.6 Å². The van der Waals surface area contributed by atoms with Crippen LogP contribution >= 0.6 is 0 Å². The van der Waals surface area contributed by atoms with Gasteiger partial charge in [0, 0.05) is 28.6 Å². The van der Waals surface area contributed by atoms with Crippen molar-refractivity contribution in [3.05, 3.63) is 48.0 Å². The molecule has 0 bridgehead atoms. The first-order chi connectivity index (χ1) is 17.9. The third-order valence-corrected chi connectivity index (χ3v) is 5.37. The summed E-state index contributed by atoms with van der Waals surface area (Å²) in [4.78, 5) is 33.6. The molecular weight excluding hydrogens is 450 g/mol. The number of carbonyl (C=O) groups excluding carboxylic acids is 2. The Morgan fingerprint density at radius 2 is 1.97 bits per heavy atom. The highest BCUT2D eigenvalue weighted by molar-refractivity contribution is 6.00. The molecule has 0 aliphatic heterocycles. The van der Waals surface area contributed by atoms with Crippen LogP contribution in [0.4, 0.5) is 17.2 Å².